The number of Topliss-reactive ketones (excluding diaryl/α,β-unsaturated/α-hetero) is 1. The van der Waals surface area contributed by atoms with Crippen LogP contribution in [0.3, 0.4) is 0 Å². The van der Waals surface area contributed by atoms with Gasteiger partial charge in [0.1, 0.15) is 5.78 Å². The van der Waals surface area contributed by atoms with Gasteiger partial charge >= 0.3 is 0 Å². The first kappa shape index (κ1) is 35.8. The molecule has 1 fully saturated rings. The minimum atomic E-state index is -0.470. The van der Waals surface area contributed by atoms with Gasteiger partial charge in [-0.15, -0.1) is 5.10 Å². The number of carbonyl (C=O) groups excluding carboxylic acids is 1. The maximum Gasteiger partial charge on any atom is 0.138 e. The maximum atomic E-state index is 12.1. The molecule has 0 aliphatic carbocycles. The monoisotopic (exact) mass is 581 g/mol. The van der Waals surface area contributed by atoms with Gasteiger partial charge in [0, 0.05) is 38.5 Å². The number of hydrogen-bond acceptors (Lipinski definition) is 9. The standard InChI is InChI=1S/C31H59N5O5/c1-25(2)28(37)23-31(7,8)38-19-13-29(3,4)39-21-17-36-24-27(33-34-36)22-30(5,6)40-20-16-35(9)41-18-12-26-10-14-32-15-11-26/h24-26,32H,10-23H2,1-9H3. The molecule has 238 valence electrons. The first-order valence-electron chi connectivity index (χ1n) is 15.5. The van der Waals surface area contributed by atoms with Crippen molar-refractivity contribution < 1.29 is 23.8 Å². The van der Waals surface area contributed by atoms with Crippen LogP contribution >= 0.6 is 0 Å². The molecular formula is C31H59N5O5. The molecule has 10 heteroatoms. The lowest BCUT2D eigenvalue weighted by Crippen LogP contribution is -2.33. The fourth-order valence-corrected chi connectivity index (χ4v) is 4.81. The summed E-state index contributed by atoms with van der Waals surface area (Å²) in [6.45, 7) is 22.1. The van der Waals surface area contributed by atoms with Gasteiger partial charge in [0.15, 0.2) is 0 Å². The van der Waals surface area contributed by atoms with Gasteiger partial charge in [-0.25, -0.2) is 4.68 Å². The van der Waals surface area contributed by atoms with Crippen LogP contribution in [-0.2, 0) is 36.8 Å². The van der Waals surface area contributed by atoms with Gasteiger partial charge in [0.25, 0.3) is 0 Å². The summed E-state index contributed by atoms with van der Waals surface area (Å²) in [5.74, 6) is 1.03. The number of piperidine rings is 1. The molecule has 1 N–H and O–H groups in total. The number of hydrogen-bond donors (Lipinski definition) is 1. The molecule has 0 aromatic carbocycles. The quantitative estimate of drug-likeness (QED) is 0.211. The Hall–Kier alpha value is -1.43. The van der Waals surface area contributed by atoms with Crippen molar-refractivity contribution in [3.8, 4) is 0 Å². The van der Waals surface area contributed by atoms with Crippen molar-refractivity contribution in [1.82, 2.24) is 25.4 Å². The number of nitrogens with one attached hydrogen (secondary N) is 1. The average molecular weight is 582 g/mol. The Morgan fingerprint density at radius 2 is 1.66 bits per heavy atom. The van der Waals surface area contributed by atoms with Crippen LogP contribution in [0, 0.1) is 11.8 Å². The van der Waals surface area contributed by atoms with Crippen molar-refractivity contribution in [2.45, 2.75) is 117 Å². The van der Waals surface area contributed by atoms with Crippen molar-refractivity contribution in [2.75, 3.05) is 53.1 Å². The summed E-state index contributed by atoms with van der Waals surface area (Å²) in [5.41, 5.74) is -0.278. The van der Waals surface area contributed by atoms with Gasteiger partial charge in [-0.3, -0.25) is 9.63 Å². The predicted molar refractivity (Wildman–Crippen MR) is 162 cm³/mol. The van der Waals surface area contributed by atoms with Crippen LogP contribution in [0.5, 0.6) is 0 Å². The van der Waals surface area contributed by atoms with E-state index in [-0.39, 0.29) is 22.9 Å². The Balaban J connectivity index is 1.62. The van der Waals surface area contributed by atoms with Crippen LogP contribution in [0.15, 0.2) is 6.20 Å². The van der Waals surface area contributed by atoms with Gasteiger partial charge < -0.3 is 19.5 Å². The highest BCUT2D eigenvalue weighted by Gasteiger charge is 2.26. The fraction of sp³-hybridized carbons (Fsp3) is 0.903. The summed E-state index contributed by atoms with van der Waals surface area (Å²) >= 11 is 0. The number of ketones is 1. The highest BCUT2D eigenvalue weighted by Crippen LogP contribution is 2.22. The van der Waals surface area contributed by atoms with Gasteiger partial charge in [0.2, 0.25) is 0 Å². The first-order valence-corrected chi connectivity index (χ1v) is 15.5. The van der Waals surface area contributed by atoms with Crippen LogP contribution in [0.2, 0.25) is 0 Å². The van der Waals surface area contributed by atoms with Crippen LogP contribution in [0.1, 0.15) is 93.2 Å². The zero-order valence-corrected chi connectivity index (χ0v) is 27.5. The highest BCUT2D eigenvalue weighted by atomic mass is 16.7. The normalized spacial score (nSPS) is 15.8. The molecule has 1 aliphatic heterocycles. The molecule has 1 saturated heterocycles. The largest absolute Gasteiger partial charge is 0.375 e. The minimum Gasteiger partial charge on any atom is -0.375 e. The number of likely N-dealkylation sites (N-methyl/N-ethyl adjacent to an activating group) is 1. The lowest BCUT2D eigenvalue weighted by atomic mass is 9.95. The van der Waals surface area contributed by atoms with Crippen LogP contribution in [0.25, 0.3) is 0 Å². The summed E-state index contributed by atoms with van der Waals surface area (Å²) in [6, 6.07) is 0. The van der Waals surface area contributed by atoms with E-state index < -0.39 is 5.60 Å². The zero-order chi connectivity index (χ0) is 30.5. The number of nitrogens with zero attached hydrogens (tertiary/aromatic N) is 4. The SMILES string of the molecule is CC(C)C(=O)CC(C)(C)OCCC(C)(C)OCCn1cc(CC(C)(C)OCCN(C)OCCC2CCNCC2)nn1. The average Bonchev–Trinajstić information content (AvgIpc) is 3.30. The molecular weight excluding hydrogens is 522 g/mol. The van der Waals surface area contributed by atoms with E-state index in [4.69, 9.17) is 19.0 Å². The van der Waals surface area contributed by atoms with E-state index in [2.05, 4.69) is 43.3 Å². The van der Waals surface area contributed by atoms with Crippen molar-refractivity contribution in [3.05, 3.63) is 11.9 Å². The molecule has 1 aromatic heterocycles. The smallest absolute Gasteiger partial charge is 0.138 e. The summed E-state index contributed by atoms with van der Waals surface area (Å²) < 4.78 is 20.2. The Labute approximate surface area is 249 Å². The van der Waals surface area contributed by atoms with Crippen LogP contribution in [-0.4, -0.2) is 95.8 Å². The molecule has 1 aliphatic rings. The molecule has 2 heterocycles. The number of carbonyl (C=O) groups is 1. The third-order valence-corrected chi connectivity index (χ3v) is 7.64. The molecule has 0 radical (unpaired) electrons. The number of aromatic nitrogens is 3. The van der Waals surface area contributed by atoms with Crippen LogP contribution in [0.4, 0.5) is 0 Å². The Morgan fingerprint density at radius 1 is 1.00 bits per heavy atom. The molecule has 0 atom stereocenters. The number of ether oxygens (including phenoxy) is 3. The zero-order valence-electron chi connectivity index (χ0n) is 27.5. The van der Waals surface area contributed by atoms with Crippen molar-refractivity contribution >= 4 is 5.78 Å². The van der Waals surface area contributed by atoms with E-state index in [9.17, 15) is 4.79 Å². The summed E-state index contributed by atoms with van der Waals surface area (Å²) in [4.78, 5) is 18.0. The predicted octanol–water partition coefficient (Wildman–Crippen LogP) is 4.46. The first-order chi connectivity index (χ1) is 19.2. The third-order valence-electron chi connectivity index (χ3n) is 7.64. The second-order valence-corrected chi connectivity index (χ2v) is 13.7. The van der Waals surface area contributed by atoms with Gasteiger partial charge in [-0.05, 0) is 86.2 Å². The van der Waals surface area contributed by atoms with E-state index in [0.717, 1.165) is 44.1 Å². The van der Waals surface area contributed by atoms with E-state index in [0.29, 0.717) is 45.8 Å². The van der Waals surface area contributed by atoms with E-state index in [1.54, 1.807) is 0 Å². The Kier molecular flexibility index (Phi) is 14.8. The topological polar surface area (TPSA) is 100.0 Å². The van der Waals surface area contributed by atoms with Gasteiger partial charge in [-0.2, -0.15) is 5.06 Å². The van der Waals surface area contributed by atoms with Gasteiger partial charge in [-0.1, -0.05) is 19.1 Å². The Morgan fingerprint density at radius 3 is 2.34 bits per heavy atom. The molecule has 0 saturated carbocycles. The molecule has 0 amide bonds. The number of rotatable bonds is 21. The van der Waals surface area contributed by atoms with Crippen LogP contribution < -0.4 is 5.32 Å². The molecule has 0 unspecified atom stereocenters. The highest BCUT2D eigenvalue weighted by molar-refractivity contribution is 5.81. The molecule has 0 spiro atoms. The van der Waals surface area contributed by atoms with E-state index in [1.165, 1.54) is 12.8 Å². The second kappa shape index (κ2) is 17.0. The summed E-state index contributed by atoms with van der Waals surface area (Å²) in [6.07, 6.45) is 7.41. The van der Waals surface area contributed by atoms with Crippen molar-refractivity contribution in [2.24, 2.45) is 11.8 Å². The number of hydroxylamine groups is 2. The lowest BCUT2D eigenvalue weighted by Gasteiger charge is -2.29. The molecule has 1 aromatic rings. The molecule has 2 rings (SSSR count). The van der Waals surface area contributed by atoms with Gasteiger partial charge in [0.05, 0.1) is 55.5 Å². The summed E-state index contributed by atoms with van der Waals surface area (Å²) in [5, 5.41) is 13.9. The minimum absolute atomic E-state index is 0.0272. The second-order valence-electron chi connectivity index (χ2n) is 13.7. The molecule has 0 bridgehead atoms. The van der Waals surface area contributed by atoms with Crippen molar-refractivity contribution in [1.29, 1.82) is 0 Å². The molecule has 41 heavy (non-hydrogen) atoms. The maximum absolute atomic E-state index is 12.1. The Bertz CT molecular complexity index is 880. The van der Waals surface area contributed by atoms with E-state index in [1.807, 2.05) is 50.7 Å². The lowest BCUT2D eigenvalue weighted by molar-refractivity contribution is -0.159. The molecule has 10 nitrogen and oxygen atoms in total. The third kappa shape index (κ3) is 15.6. The van der Waals surface area contributed by atoms with Crippen molar-refractivity contribution in [3.63, 3.8) is 0 Å². The van der Waals surface area contributed by atoms with E-state index >= 15 is 0 Å². The fourth-order valence-electron chi connectivity index (χ4n) is 4.81. The summed E-state index contributed by atoms with van der Waals surface area (Å²) in [7, 11) is 1.97.